The van der Waals surface area contributed by atoms with Crippen molar-refractivity contribution in [3.05, 3.63) is 48.0 Å². The summed E-state index contributed by atoms with van der Waals surface area (Å²) in [6.07, 6.45) is -0.520. The number of benzene rings is 2. The summed E-state index contributed by atoms with van der Waals surface area (Å²) in [7, 11) is 3.20. The van der Waals surface area contributed by atoms with Crippen LogP contribution in [-0.2, 0) is 0 Å². The Kier molecular flexibility index (Phi) is 4.84. The molecule has 0 bridgehead atoms. The summed E-state index contributed by atoms with van der Waals surface area (Å²) in [5, 5.41) is 11.7. The SMILES string of the molecule is CCOc1nnc2c(n1)OC(c1ccc(OC)c(OC)c1)Nc1ccccc1-2. The van der Waals surface area contributed by atoms with Gasteiger partial charge in [0.05, 0.1) is 20.8 Å². The van der Waals surface area contributed by atoms with Crippen molar-refractivity contribution in [1.29, 1.82) is 0 Å². The average Bonchev–Trinajstić information content (AvgIpc) is 2.90. The van der Waals surface area contributed by atoms with Gasteiger partial charge in [-0.2, -0.15) is 4.98 Å². The number of nitrogens with zero attached hydrogens (tertiary/aromatic N) is 3. The van der Waals surface area contributed by atoms with Gasteiger partial charge in [0.25, 0.3) is 0 Å². The summed E-state index contributed by atoms with van der Waals surface area (Å²) in [6.45, 7) is 2.30. The molecule has 1 aromatic heterocycles. The predicted octanol–water partition coefficient (Wildman–Crippen LogP) is 3.46. The van der Waals surface area contributed by atoms with E-state index in [4.69, 9.17) is 18.9 Å². The molecule has 1 aliphatic heterocycles. The fraction of sp³-hybridized carbons (Fsp3) is 0.250. The second-order valence-corrected chi connectivity index (χ2v) is 5.98. The number of hydrogen-bond donors (Lipinski definition) is 1. The van der Waals surface area contributed by atoms with E-state index in [2.05, 4.69) is 20.5 Å². The predicted molar refractivity (Wildman–Crippen MR) is 103 cm³/mol. The van der Waals surface area contributed by atoms with Crippen molar-refractivity contribution in [3.63, 3.8) is 0 Å². The van der Waals surface area contributed by atoms with Gasteiger partial charge in [-0.15, -0.1) is 5.10 Å². The molecule has 8 nitrogen and oxygen atoms in total. The van der Waals surface area contributed by atoms with E-state index < -0.39 is 6.23 Å². The molecular formula is C20H20N4O4. The number of methoxy groups -OCH3 is 2. The maximum Gasteiger partial charge on any atom is 0.339 e. The van der Waals surface area contributed by atoms with Crippen LogP contribution in [0.25, 0.3) is 11.3 Å². The third-order valence-electron chi connectivity index (χ3n) is 4.32. The van der Waals surface area contributed by atoms with Crippen molar-refractivity contribution in [2.75, 3.05) is 26.1 Å². The molecule has 1 aliphatic rings. The molecule has 1 unspecified atom stereocenters. The van der Waals surface area contributed by atoms with Crippen molar-refractivity contribution >= 4 is 5.69 Å². The number of aromatic nitrogens is 3. The Bertz CT molecular complexity index is 996. The minimum atomic E-state index is -0.520. The molecule has 144 valence electrons. The Balaban J connectivity index is 1.80. The molecule has 2 heterocycles. The van der Waals surface area contributed by atoms with E-state index >= 15 is 0 Å². The van der Waals surface area contributed by atoms with Crippen molar-refractivity contribution in [3.8, 4) is 34.6 Å². The molecule has 0 fully saturated rings. The molecule has 0 saturated carbocycles. The Morgan fingerprint density at radius 2 is 1.86 bits per heavy atom. The molecule has 3 aromatic rings. The van der Waals surface area contributed by atoms with Gasteiger partial charge >= 0.3 is 6.01 Å². The third-order valence-corrected chi connectivity index (χ3v) is 4.32. The first kappa shape index (κ1) is 17.8. The summed E-state index contributed by atoms with van der Waals surface area (Å²) in [4.78, 5) is 4.40. The molecular weight excluding hydrogens is 360 g/mol. The lowest BCUT2D eigenvalue weighted by atomic mass is 10.1. The first-order valence-corrected chi connectivity index (χ1v) is 8.85. The van der Waals surface area contributed by atoms with Crippen LogP contribution in [0.2, 0.25) is 0 Å². The highest BCUT2D eigenvalue weighted by atomic mass is 16.5. The molecule has 1 atom stereocenters. The quantitative estimate of drug-likeness (QED) is 0.720. The number of fused-ring (bicyclic) bond motifs is 3. The largest absolute Gasteiger partial charge is 0.493 e. The maximum atomic E-state index is 6.18. The van der Waals surface area contributed by atoms with E-state index in [0.29, 0.717) is 29.7 Å². The van der Waals surface area contributed by atoms with Gasteiger partial charge in [-0.05, 0) is 31.2 Å². The number of anilines is 1. The Morgan fingerprint density at radius 1 is 1.04 bits per heavy atom. The lowest BCUT2D eigenvalue weighted by Crippen LogP contribution is -2.17. The van der Waals surface area contributed by atoms with Crippen LogP contribution in [-0.4, -0.2) is 36.0 Å². The summed E-state index contributed by atoms with van der Waals surface area (Å²) < 4.78 is 22.3. The van der Waals surface area contributed by atoms with E-state index in [1.165, 1.54) is 0 Å². The van der Waals surface area contributed by atoms with Crippen LogP contribution in [0, 0.1) is 0 Å². The minimum absolute atomic E-state index is 0.173. The number of hydrogen-bond acceptors (Lipinski definition) is 8. The number of para-hydroxylation sites is 1. The minimum Gasteiger partial charge on any atom is -0.493 e. The van der Waals surface area contributed by atoms with Crippen molar-refractivity contribution in [2.24, 2.45) is 0 Å². The van der Waals surface area contributed by atoms with E-state index in [1.54, 1.807) is 14.2 Å². The van der Waals surface area contributed by atoms with E-state index in [0.717, 1.165) is 16.8 Å². The fourth-order valence-corrected chi connectivity index (χ4v) is 3.00. The van der Waals surface area contributed by atoms with Crippen LogP contribution < -0.4 is 24.3 Å². The van der Waals surface area contributed by atoms with Gasteiger partial charge in [-0.3, -0.25) is 0 Å². The summed E-state index contributed by atoms with van der Waals surface area (Å²) in [5.74, 6) is 1.60. The van der Waals surface area contributed by atoms with Crippen molar-refractivity contribution in [1.82, 2.24) is 15.2 Å². The van der Waals surface area contributed by atoms with Gasteiger partial charge < -0.3 is 24.3 Å². The van der Waals surface area contributed by atoms with Crippen LogP contribution in [0.4, 0.5) is 5.69 Å². The summed E-state index contributed by atoms with van der Waals surface area (Å²) >= 11 is 0. The van der Waals surface area contributed by atoms with Crippen LogP contribution >= 0.6 is 0 Å². The van der Waals surface area contributed by atoms with Crippen molar-refractivity contribution < 1.29 is 18.9 Å². The van der Waals surface area contributed by atoms with Gasteiger partial charge in [0.1, 0.15) is 0 Å². The molecule has 4 rings (SSSR count). The van der Waals surface area contributed by atoms with E-state index in [9.17, 15) is 0 Å². The van der Waals surface area contributed by atoms with Crippen LogP contribution in [0.1, 0.15) is 18.7 Å². The highest BCUT2D eigenvalue weighted by Gasteiger charge is 2.26. The molecule has 8 heteroatoms. The topological polar surface area (TPSA) is 87.6 Å². The lowest BCUT2D eigenvalue weighted by molar-refractivity contribution is 0.219. The molecule has 0 saturated heterocycles. The maximum absolute atomic E-state index is 6.18. The molecule has 28 heavy (non-hydrogen) atoms. The molecule has 0 aliphatic carbocycles. The number of rotatable bonds is 5. The third kappa shape index (κ3) is 3.24. The molecule has 1 N–H and O–H groups in total. The normalized spacial score (nSPS) is 14.6. The van der Waals surface area contributed by atoms with Crippen LogP contribution in [0.3, 0.4) is 0 Å². The molecule has 0 spiro atoms. The molecule has 2 aromatic carbocycles. The Labute approximate surface area is 162 Å². The first-order chi connectivity index (χ1) is 13.7. The highest BCUT2D eigenvalue weighted by molar-refractivity contribution is 5.79. The fourth-order valence-electron chi connectivity index (χ4n) is 3.00. The summed E-state index contributed by atoms with van der Waals surface area (Å²) in [5.41, 5.74) is 3.11. The monoisotopic (exact) mass is 380 g/mol. The van der Waals surface area contributed by atoms with Gasteiger partial charge in [-0.25, -0.2) is 0 Å². The zero-order valence-corrected chi connectivity index (χ0v) is 15.8. The van der Waals surface area contributed by atoms with E-state index in [1.807, 2.05) is 49.4 Å². The van der Waals surface area contributed by atoms with E-state index in [-0.39, 0.29) is 6.01 Å². The highest BCUT2D eigenvalue weighted by Crippen LogP contribution is 2.40. The second-order valence-electron chi connectivity index (χ2n) is 5.98. The average molecular weight is 380 g/mol. The smallest absolute Gasteiger partial charge is 0.339 e. The van der Waals surface area contributed by atoms with Crippen LogP contribution in [0.15, 0.2) is 42.5 Å². The first-order valence-electron chi connectivity index (χ1n) is 8.85. The molecule has 0 amide bonds. The van der Waals surface area contributed by atoms with Gasteiger partial charge in [-0.1, -0.05) is 23.3 Å². The summed E-state index contributed by atoms with van der Waals surface area (Å²) in [6, 6.07) is 13.6. The zero-order valence-electron chi connectivity index (χ0n) is 15.8. The van der Waals surface area contributed by atoms with Crippen molar-refractivity contribution in [2.45, 2.75) is 13.2 Å². The number of ether oxygens (including phenoxy) is 4. The van der Waals surface area contributed by atoms with Gasteiger partial charge in [0, 0.05) is 16.8 Å². The lowest BCUT2D eigenvalue weighted by Gasteiger charge is -2.20. The van der Waals surface area contributed by atoms with Crippen LogP contribution in [0.5, 0.6) is 23.4 Å². The molecule has 0 radical (unpaired) electrons. The van der Waals surface area contributed by atoms with Gasteiger partial charge in [0.15, 0.2) is 23.4 Å². The van der Waals surface area contributed by atoms with Gasteiger partial charge in [0.2, 0.25) is 5.88 Å². The standard InChI is InChI=1S/C20H20N4O4/c1-4-27-20-22-19-17(23-24-20)13-7-5-6-8-14(13)21-18(28-19)12-9-10-15(25-2)16(11-12)26-3/h5-11,18,21H,4H2,1-3H3. The Hall–Kier alpha value is -3.55. The second kappa shape index (κ2) is 7.59. The zero-order chi connectivity index (χ0) is 19.5. The number of nitrogens with one attached hydrogen (secondary N) is 1. The Morgan fingerprint density at radius 3 is 2.64 bits per heavy atom.